The molecule has 1 aromatic carbocycles. The van der Waals surface area contributed by atoms with E-state index in [1.54, 1.807) is 11.0 Å². The molecule has 3 rings (SSSR count). The molecule has 0 aliphatic rings. The summed E-state index contributed by atoms with van der Waals surface area (Å²) in [5.41, 5.74) is 7.48. The number of benzene rings is 1. The van der Waals surface area contributed by atoms with E-state index in [1.807, 2.05) is 31.2 Å². The average molecular weight is 332 g/mol. The molecule has 0 aliphatic carbocycles. The number of amides is 1. The summed E-state index contributed by atoms with van der Waals surface area (Å²) in [6, 6.07) is 7.39. The van der Waals surface area contributed by atoms with Crippen LogP contribution in [0.2, 0.25) is 5.02 Å². The minimum absolute atomic E-state index is 0.0988. The van der Waals surface area contributed by atoms with Crippen LogP contribution in [0.15, 0.2) is 36.9 Å². The minimum atomic E-state index is -0.368. The van der Waals surface area contributed by atoms with Crippen molar-refractivity contribution in [2.75, 3.05) is 5.73 Å². The zero-order chi connectivity index (χ0) is 16.4. The molecule has 1 amide bonds. The molecule has 0 bridgehead atoms. The fourth-order valence-electron chi connectivity index (χ4n) is 2.10. The normalized spacial score (nSPS) is 12.1. The van der Waals surface area contributed by atoms with Crippen molar-refractivity contribution >= 4 is 23.3 Å². The lowest BCUT2D eigenvalue weighted by molar-refractivity contribution is 0.0935. The Kier molecular flexibility index (Phi) is 3.98. The number of halogens is 1. The fourth-order valence-corrected chi connectivity index (χ4v) is 2.27. The van der Waals surface area contributed by atoms with E-state index in [0.717, 1.165) is 11.3 Å². The van der Waals surface area contributed by atoms with E-state index >= 15 is 0 Å². The quantitative estimate of drug-likeness (QED) is 0.673. The van der Waals surface area contributed by atoms with Gasteiger partial charge in [0.2, 0.25) is 0 Å². The second-order valence-corrected chi connectivity index (χ2v) is 5.30. The summed E-state index contributed by atoms with van der Waals surface area (Å²) in [4.78, 5) is 16.1. The Morgan fingerprint density at radius 3 is 2.70 bits per heavy atom. The molecule has 0 spiro atoms. The van der Waals surface area contributed by atoms with Gasteiger partial charge in [0.25, 0.3) is 5.91 Å². The smallest absolute Gasteiger partial charge is 0.271 e. The number of carbonyl (C=O) groups excluding carboxylic acids is 1. The number of hydrogen-bond acceptors (Lipinski definition) is 5. The van der Waals surface area contributed by atoms with Gasteiger partial charge >= 0.3 is 0 Å². The first-order chi connectivity index (χ1) is 11.1. The topological polar surface area (TPSA) is 115 Å². The molecule has 1 atom stereocenters. The zero-order valence-corrected chi connectivity index (χ0v) is 12.9. The highest BCUT2D eigenvalue weighted by Crippen LogP contribution is 2.21. The summed E-state index contributed by atoms with van der Waals surface area (Å²) in [6.45, 7) is 1.87. The van der Waals surface area contributed by atoms with E-state index in [1.165, 1.54) is 6.33 Å². The van der Waals surface area contributed by atoms with Gasteiger partial charge in [0.05, 0.1) is 11.7 Å². The molecule has 3 aromatic rings. The van der Waals surface area contributed by atoms with Crippen molar-refractivity contribution in [2.24, 2.45) is 0 Å². The van der Waals surface area contributed by atoms with Crippen LogP contribution in [0.1, 0.15) is 29.0 Å². The van der Waals surface area contributed by atoms with Crippen molar-refractivity contribution in [3.05, 3.63) is 53.2 Å². The number of nitrogens with two attached hydrogens (primary N) is 1. The van der Waals surface area contributed by atoms with Crippen molar-refractivity contribution in [3.8, 4) is 5.69 Å². The third-order valence-corrected chi connectivity index (χ3v) is 3.77. The van der Waals surface area contributed by atoms with E-state index < -0.39 is 0 Å². The van der Waals surface area contributed by atoms with Crippen LogP contribution in [0.25, 0.3) is 5.69 Å². The summed E-state index contributed by atoms with van der Waals surface area (Å²) in [6.07, 6.45) is 3.08. The van der Waals surface area contributed by atoms with Gasteiger partial charge in [-0.2, -0.15) is 10.2 Å². The number of rotatable bonds is 4. The predicted octanol–water partition coefficient (Wildman–Crippen LogP) is 1.72. The first-order valence-electron chi connectivity index (χ1n) is 6.81. The lowest BCUT2D eigenvalue weighted by Gasteiger charge is -2.14. The van der Waals surface area contributed by atoms with Crippen LogP contribution in [0.5, 0.6) is 0 Å². The van der Waals surface area contributed by atoms with E-state index in [2.05, 4.69) is 25.6 Å². The number of anilines is 1. The van der Waals surface area contributed by atoms with Gasteiger partial charge in [0.15, 0.2) is 5.82 Å². The molecule has 0 saturated carbocycles. The number of nitrogens with one attached hydrogen (secondary N) is 2. The Morgan fingerprint density at radius 2 is 2.13 bits per heavy atom. The Morgan fingerprint density at radius 1 is 1.39 bits per heavy atom. The minimum Gasteiger partial charge on any atom is -0.381 e. The Balaban J connectivity index is 1.72. The number of nitrogens with zero attached hydrogens (tertiary/aromatic N) is 4. The fraction of sp³-hybridized carbons (Fsp3) is 0.143. The Labute approximate surface area is 136 Å². The molecule has 2 heterocycles. The van der Waals surface area contributed by atoms with Gasteiger partial charge < -0.3 is 11.1 Å². The number of nitrogen functional groups attached to an aromatic ring is 1. The second kappa shape index (κ2) is 6.09. The highest BCUT2D eigenvalue weighted by molar-refractivity contribution is 6.35. The molecule has 118 valence electrons. The van der Waals surface area contributed by atoms with E-state index in [4.69, 9.17) is 17.3 Å². The number of H-pyrrole nitrogens is 1. The highest BCUT2D eigenvalue weighted by atomic mass is 35.5. The third-order valence-electron chi connectivity index (χ3n) is 3.38. The molecular weight excluding hydrogens is 318 g/mol. The van der Waals surface area contributed by atoms with Gasteiger partial charge in [0.1, 0.15) is 23.4 Å². The lowest BCUT2D eigenvalue weighted by Crippen LogP contribution is -2.27. The standard InChI is InChI=1S/C14H14ClN7O/c1-8(19-14(23)12-11(15)13(16)21-20-12)9-2-4-10(5-3-9)22-7-17-6-18-22/h2-8H,1H3,(H,19,23)(H3,16,20,21)/t8-/m0/s1. The maximum atomic E-state index is 12.2. The average Bonchev–Trinajstić information content (AvgIpc) is 3.19. The van der Waals surface area contributed by atoms with E-state index in [-0.39, 0.29) is 28.5 Å². The van der Waals surface area contributed by atoms with Crippen molar-refractivity contribution in [3.63, 3.8) is 0 Å². The molecule has 23 heavy (non-hydrogen) atoms. The molecule has 0 saturated heterocycles. The SMILES string of the molecule is C[C@H](NC(=O)c1[nH]nc(N)c1Cl)c1ccc(-n2cncn2)cc1. The van der Waals surface area contributed by atoms with Crippen LogP contribution >= 0.6 is 11.6 Å². The van der Waals surface area contributed by atoms with Crippen LogP contribution in [-0.4, -0.2) is 30.9 Å². The number of aromatic nitrogens is 5. The van der Waals surface area contributed by atoms with Gasteiger partial charge in [-0.1, -0.05) is 23.7 Å². The number of carbonyl (C=O) groups is 1. The van der Waals surface area contributed by atoms with Gasteiger partial charge in [-0.05, 0) is 24.6 Å². The van der Waals surface area contributed by atoms with Crippen molar-refractivity contribution < 1.29 is 4.79 Å². The third kappa shape index (κ3) is 3.02. The largest absolute Gasteiger partial charge is 0.381 e. The van der Waals surface area contributed by atoms with Crippen molar-refractivity contribution in [1.82, 2.24) is 30.3 Å². The van der Waals surface area contributed by atoms with Gasteiger partial charge in [0, 0.05) is 0 Å². The molecular formula is C14H14ClN7O. The molecule has 9 heteroatoms. The summed E-state index contributed by atoms with van der Waals surface area (Å²) in [5, 5.41) is 13.2. The van der Waals surface area contributed by atoms with Crippen LogP contribution in [0, 0.1) is 0 Å². The molecule has 2 aromatic heterocycles. The van der Waals surface area contributed by atoms with Gasteiger partial charge in [-0.15, -0.1) is 0 Å². The van der Waals surface area contributed by atoms with Crippen LogP contribution in [0.3, 0.4) is 0 Å². The van der Waals surface area contributed by atoms with Crippen LogP contribution in [-0.2, 0) is 0 Å². The Bertz CT molecular complexity index is 810. The van der Waals surface area contributed by atoms with Crippen molar-refractivity contribution in [1.29, 1.82) is 0 Å². The first kappa shape index (κ1) is 15.0. The summed E-state index contributed by atoms with van der Waals surface area (Å²) in [5.74, 6) is -0.270. The van der Waals surface area contributed by atoms with E-state index in [9.17, 15) is 4.79 Å². The second-order valence-electron chi connectivity index (χ2n) is 4.92. The van der Waals surface area contributed by atoms with Gasteiger partial charge in [-0.3, -0.25) is 9.89 Å². The summed E-state index contributed by atoms with van der Waals surface area (Å²) < 4.78 is 1.65. The number of aromatic amines is 1. The Hall–Kier alpha value is -2.87. The summed E-state index contributed by atoms with van der Waals surface area (Å²) >= 11 is 5.92. The molecule has 0 fully saturated rings. The summed E-state index contributed by atoms with van der Waals surface area (Å²) in [7, 11) is 0. The molecule has 0 unspecified atom stereocenters. The van der Waals surface area contributed by atoms with E-state index in [0.29, 0.717) is 0 Å². The maximum absolute atomic E-state index is 12.2. The van der Waals surface area contributed by atoms with Crippen LogP contribution in [0.4, 0.5) is 5.82 Å². The van der Waals surface area contributed by atoms with Gasteiger partial charge in [-0.25, -0.2) is 9.67 Å². The lowest BCUT2D eigenvalue weighted by atomic mass is 10.1. The maximum Gasteiger partial charge on any atom is 0.271 e. The highest BCUT2D eigenvalue weighted by Gasteiger charge is 2.18. The number of hydrogen-bond donors (Lipinski definition) is 3. The molecule has 0 radical (unpaired) electrons. The molecule has 0 aliphatic heterocycles. The molecule has 8 nitrogen and oxygen atoms in total. The monoisotopic (exact) mass is 331 g/mol. The predicted molar refractivity (Wildman–Crippen MR) is 85.3 cm³/mol. The van der Waals surface area contributed by atoms with Crippen LogP contribution < -0.4 is 11.1 Å². The first-order valence-corrected chi connectivity index (χ1v) is 7.19. The zero-order valence-electron chi connectivity index (χ0n) is 12.2. The molecule has 4 N–H and O–H groups in total. The van der Waals surface area contributed by atoms with Crippen molar-refractivity contribution in [2.45, 2.75) is 13.0 Å².